The van der Waals surface area contributed by atoms with Crippen molar-refractivity contribution in [1.82, 2.24) is 5.43 Å². The summed E-state index contributed by atoms with van der Waals surface area (Å²) in [6.07, 6.45) is 5.06. The molecule has 4 heteroatoms. The molecule has 16 heavy (non-hydrogen) atoms. The molecule has 1 aliphatic rings. The van der Waals surface area contributed by atoms with Crippen LogP contribution < -0.4 is 11.3 Å². The maximum Gasteiger partial charge on any atom is 0.0287 e. The summed E-state index contributed by atoms with van der Waals surface area (Å²) in [6.45, 7) is 2.34. The molecule has 1 aliphatic carbocycles. The van der Waals surface area contributed by atoms with Crippen LogP contribution in [0.15, 0.2) is 15.9 Å². The molecule has 1 aromatic rings. The predicted molar refractivity (Wildman–Crippen MR) is 73.3 cm³/mol. The number of thiophene rings is 1. The topological polar surface area (TPSA) is 38.0 Å². The maximum atomic E-state index is 5.70. The third-order valence-corrected chi connectivity index (χ3v) is 5.28. The van der Waals surface area contributed by atoms with Crippen LogP contribution in [0.3, 0.4) is 0 Å². The van der Waals surface area contributed by atoms with Crippen molar-refractivity contribution in [2.45, 2.75) is 38.6 Å². The predicted octanol–water partition coefficient (Wildman–Crippen LogP) is 3.32. The van der Waals surface area contributed by atoms with Gasteiger partial charge in [-0.25, -0.2) is 0 Å². The normalized spacial score (nSPS) is 27.2. The number of rotatable bonds is 4. The highest BCUT2D eigenvalue weighted by Crippen LogP contribution is 2.34. The van der Waals surface area contributed by atoms with Crippen LogP contribution in [-0.4, -0.2) is 6.04 Å². The molecule has 0 bridgehead atoms. The summed E-state index contributed by atoms with van der Waals surface area (Å²) in [7, 11) is 0. The lowest BCUT2D eigenvalue weighted by atomic mass is 9.94. The molecule has 1 heterocycles. The molecule has 3 atom stereocenters. The fourth-order valence-electron chi connectivity index (χ4n) is 2.66. The van der Waals surface area contributed by atoms with E-state index < -0.39 is 0 Å². The van der Waals surface area contributed by atoms with Gasteiger partial charge in [-0.2, -0.15) is 0 Å². The monoisotopic (exact) mass is 302 g/mol. The second-order valence-corrected chi connectivity index (χ2v) is 6.80. The van der Waals surface area contributed by atoms with Gasteiger partial charge in [0, 0.05) is 20.8 Å². The van der Waals surface area contributed by atoms with Crippen molar-refractivity contribution in [1.29, 1.82) is 0 Å². The molecule has 0 aliphatic heterocycles. The van der Waals surface area contributed by atoms with Gasteiger partial charge < -0.3 is 0 Å². The van der Waals surface area contributed by atoms with Crippen molar-refractivity contribution in [2.75, 3.05) is 0 Å². The molecule has 1 aromatic heterocycles. The van der Waals surface area contributed by atoms with E-state index in [1.54, 1.807) is 0 Å². The van der Waals surface area contributed by atoms with E-state index >= 15 is 0 Å². The Morgan fingerprint density at radius 1 is 1.62 bits per heavy atom. The molecule has 90 valence electrons. The molecular weight excluding hydrogens is 284 g/mol. The Balaban J connectivity index is 1.95. The fourth-order valence-corrected chi connectivity index (χ4v) is 4.17. The number of hydrogen-bond acceptors (Lipinski definition) is 3. The standard InChI is InChI=1S/C12H19BrN2S/c1-8-2-3-9(4-8)12(15-14)6-11-5-10(13)7-16-11/h5,7-9,12,15H,2-4,6,14H2,1H3. The highest BCUT2D eigenvalue weighted by atomic mass is 79.9. The van der Waals surface area contributed by atoms with E-state index in [4.69, 9.17) is 5.84 Å². The summed E-state index contributed by atoms with van der Waals surface area (Å²) in [5.74, 6) is 7.32. The van der Waals surface area contributed by atoms with Gasteiger partial charge in [0.15, 0.2) is 0 Å². The van der Waals surface area contributed by atoms with E-state index in [1.165, 1.54) is 28.6 Å². The van der Waals surface area contributed by atoms with Crippen molar-refractivity contribution in [3.8, 4) is 0 Å². The van der Waals surface area contributed by atoms with Gasteiger partial charge >= 0.3 is 0 Å². The van der Waals surface area contributed by atoms with Crippen LogP contribution in [0.1, 0.15) is 31.1 Å². The van der Waals surface area contributed by atoms with E-state index in [0.29, 0.717) is 6.04 Å². The van der Waals surface area contributed by atoms with Gasteiger partial charge in [0.2, 0.25) is 0 Å². The molecule has 0 amide bonds. The smallest absolute Gasteiger partial charge is 0.0287 e. The minimum Gasteiger partial charge on any atom is -0.271 e. The summed E-state index contributed by atoms with van der Waals surface area (Å²) in [4.78, 5) is 1.41. The quantitative estimate of drug-likeness (QED) is 0.661. The molecule has 1 saturated carbocycles. The van der Waals surface area contributed by atoms with Crippen LogP contribution >= 0.6 is 27.3 Å². The molecule has 0 aromatic carbocycles. The first-order chi connectivity index (χ1) is 7.69. The zero-order chi connectivity index (χ0) is 11.5. The average molecular weight is 303 g/mol. The highest BCUT2D eigenvalue weighted by Gasteiger charge is 2.28. The average Bonchev–Trinajstić information content (AvgIpc) is 2.84. The summed E-state index contributed by atoms with van der Waals surface area (Å²) >= 11 is 5.31. The molecule has 2 rings (SSSR count). The van der Waals surface area contributed by atoms with E-state index in [0.717, 1.165) is 18.3 Å². The molecule has 0 spiro atoms. The summed E-state index contributed by atoms with van der Waals surface area (Å²) in [5.41, 5.74) is 3.01. The fraction of sp³-hybridized carbons (Fsp3) is 0.667. The van der Waals surface area contributed by atoms with Crippen molar-refractivity contribution in [2.24, 2.45) is 17.7 Å². The summed E-state index contributed by atoms with van der Waals surface area (Å²) in [6, 6.07) is 2.64. The minimum atomic E-state index is 0.440. The molecule has 1 fully saturated rings. The van der Waals surface area contributed by atoms with Gasteiger partial charge in [0.1, 0.15) is 0 Å². The SMILES string of the molecule is CC1CCC(C(Cc2cc(Br)cs2)NN)C1. The molecule has 3 unspecified atom stereocenters. The lowest BCUT2D eigenvalue weighted by Gasteiger charge is -2.22. The molecule has 0 radical (unpaired) electrons. The number of nitrogens with two attached hydrogens (primary N) is 1. The van der Waals surface area contributed by atoms with Gasteiger partial charge in [0.05, 0.1) is 0 Å². The molecule has 3 N–H and O–H groups in total. The zero-order valence-corrected chi connectivity index (χ0v) is 12.0. The number of hydrazine groups is 1. The zero-order valence-electron chi connectivity index (χ0n) is 9.58. The van der Waals surface area contributed by atoms with Crippen LogP contribution in [0.25, 0.3) is 0 Å². The van der Waals surface area contributed by atoms with Crippen molar-refractivity contribution in [3.63, 3.8) is 0 Å². The van der Waals surface area contributed by atoms with Crippen molar-refractivity contribution >= 4 is 27.3 Å². The van der Waals surface area contributed by atoms with Crippen LogP contribution in [0.4, 0.5) is 0 Å². The largest absolute Gasteiger partial charge is 0.271 e. The Morgan fingerprint density at radius 2 is 2.44 bits per heavy atom. The first-order valence-corrected chi connectivity index (χ1v) is 7.55. The number of halogens is 1. The third-order valence-electron chi connectivity index (χ3n) is 3.56. The van der Waals surface area contributed by atoms with E-state index in [1.807, 2.05) is 11.3 Å². The second kappa shape index (κ2) is 5.63. The Labute approximate surface area is 110 Å². The Hall–Kier alpha value is 0.1000. The van der Waals surface area contributed by atoms with E-state index in [-0.39, 0.29) is 0 Å². The number of nitrogens with one attached hydrogen (secondary N) is 1. The third kappa shape index (κ3) is 3.06. The first kappa shape index (κ1) is 12.6. The van der Waals surface area contributed by atoms with Crippen molar-refractivity contribution < 1.29 is 0 Å². The highest BCUT2D eigenvalue weighted by molar-refractivity contribution is 9.10. The number of hydrogen-bond donors (Lipinski definition) is 2. The molecule has 0 saturated heterocycles. The first-order valence-electron chi connectivity index (χ1n) is 5.88. The Morgan fingerprint density at radius 3 is 2.94 bits per heavy atom. The molecular formula is C12H19BrN2S. The maximum absolute atomic E-state index is 5.70. The van der Waals surface area contributed by atoms with Crippen LogP contribution in [0, 0.1) is 11.8 Å². The second-order valence-electron chi connectivity index (χ2n) is 4.89. The Kier molecular flexibility index (Phi) is 4.41. The van der Waals surface area contributed by atoms with Crippen molar-refractivity contribution in [3.05, 3.63) is 20.8 Å². The van der Waals surface area contributed by atoms with Crippen LogP contribution in [0.2, 0.25) is 0 Å². The van der Waals surface area contributed by atoms with E-state index in [2.05, 4.69) is 39.7 Å². The van der Waals surface area contributed by atoms with Gasteiger partial charge in [-0.3, -0.25) is 11.3 Å². The summed E-state index contributed by atoms with van der Waals surface area (Å²) < 4.78 is 1.18. The minimum absolute atomic E-state index is 0.440. The lowest BCUT2D eigenvalue weighted by Crippen LogP contribution is -2.41. The summed E-state index contributed by atoms with van der Waals surface area (Å²) in [5, 5.41) is 2.14. The van der Waals surface area contributed by atoms with Gasteiger partial charge in [-0.05, 0) is 53.1 Å². The Bertz CT molecular complexity index is 340. The molecule has 2 nitrogen and oxygen atoms in total. The van der Waals surface area contributed by atoms with Gasteiger partial charge in [-0.15, -0.1) is 11.3 Å². The van der Waals surface area contributed by atoms with Crippen LogP contribution in [0.5, 0.6) is 0 Å². The lowest BCUT2D eigenvalue weighted by molar-refractivity contribution is 0.354. The van der Waals surface area contributed by atoms with Gasteiger partial charge in [0.25, 0.3) is 0 Å². The van der Waals surface area contributed by atoms with Gasteiger partial charge in [-0.1, -0.05) is 13.3 Å². The van der Waals surface area contributed by atoms with Crippen LogP contribution in [-0.2, 0) is 6.42 Å². The van der Waals surface area contributed by atoms with E-state index in [9.17, 15) is 0 Å².